The molecule has 0 saturated heterocycles. The van der Waals surface area contributed by atoms with E-state index in [2.05, 4.69) is 5.32 Å². The van der Waals surface area contributed by atoms with Crippen molar-refractivity contribution in [3.8, 4) is 5.75 Å². The summed E-state index contributed by atoms with van der Waals surface area (Å²) in [5.74, 6) is -0.262. The van der Waals surface area contributed by atoms with Crippen LogP contribution in [0.25, 0.3) is 0 Å². The number of hydrogen-bond donors (Lipinski definition) is 1. The summed E-state index contributed by atoms with van der Waals surface area (Å²) in [7, 11) is 1.49. The molecule has 0 aliphatic rings. The normalized spacial score (nSPS) is 10.2. The van der Waals surface area contributed by atoms with E-state index in [0.717, 1.165) is 5.56 Å². The Hall–Kier alpha value is -2.07. The van der Waals surface area contributed by atoms with E-state index in [1.165, 1.54) is 31.4 Å². The van der Waals surface area contributed by atoms with Gasteiger partial charge in [-0.05, 0) is 42.8 Å². The van der Waals surface area contributed by atoms with Gasteiger partial charge >= 0.3 is 0 Å². The highest BCUT2D eigenvalue weighted by molar-refractivity contribution is 6.31. The van der Waals surface area contributed by atoms with Gasteiger partial charge in [0.15, 0.2) is 0 Å². The first kappa shape index (κ1) is 14.3. The van der Waals surface area contributed by atoms with E-state index in [1.807, 2.05) is 6.92 Å². The summed E-state index contributed by atoms with van der Waals surface area (Å²) in [6.45, 7) is 1.83. The van der Waals surface area contributed by atoms with Crippen LogP contribution in [-0.2, 0) is 0 Å². The average molecular weight is 294 g/mol. The number of carbonyl (C=O) groups is 1. The Morgan fingerprint density at radius 2 is 1.90 bits per heavy atom. The van der Waals surface area contributed by atoms with Gasteiger partial charge in [-0.1, -0.05) is 11.6 Å². The third-order valence-corrected chi connectivity index (χ3v) is 3.24. The number of rotatable bonds is 3. The molecule has 1 amide bonds. The van der Waals surface area contributed by atoms with Gasteiger partial charge in [-0.3, -0.25) is 4.79 Å². The summed E-state index contributed by atoms with van der Waals surface area (Å²) >= 11 is 6.00. The Labute approximate surface area is 121 Å². The number of anilines is 1. The number of amides is 1. The topological polar surface area (TPSA) is 38.3 Å². The fraction of sp³-hybridized carbons (Fsp3) is 0.133. The molecule has 0 bridgehead atoms. The van der Waals surface area contributed by atoms with Gasteiger partial charge in [0.05, 0.1) is 12.8 Å². The smallest absolute Gasteiger partial charge is 0.255 e. The van der Waals surface area contributed by atoms with Crippen LogP contribution in [0, 0.1) is 12.7 Å². The number of halogens is 2. The predicted octanol–water partition coefficient (Wildman–Crippen LogP) is 4.05. The van der Waals surface area contributed by atoms with Gasteiger partial charge in [-0.25, -0.2) is 4.39 Å². The molecule has 0 fully saturated rings. The van der Waals surface area contributed by atoms with Crippen LogP contribution in [0.5, 0.6) is 5.75 Å². The van der Waals surface area contributed by atoms with Gasteiger partial charge in [0.2, 0.25) is 0 Å². The van der Waals surface area contributed by atoms with Gasteiger partial charge in [-0.15, -0.1) is 0 Å². The van der Waals surface area contributed by atoms with Crippen molar-refractivity contribution in [1.29, 1.82) is 0 Å². The highest BCUT2D eigenvalue weighted by Gasteiger charge is 2.11. The molecule has 0 spiro atoms. The molecular formula is C15H13ClFNO2. The zero-order valence-electron chi connectivity index (χ0n) is 11.0. The van der Waals surface area contributed by atoms with Crippen LogP contribution in [0.15, 0.2) is 36.4 Å². The quantitative estimate of drug-likeness (QED) is 0.927. The molecule has 2 aromatic carbocycles. The van der Waals surface area contributed by atoms with E-state index in [9.17, 15) is 9.18 Å². The molecule has 3 nitrogen and oxygen atoms in total. The van der Waals surface area contributed by atoms with Crippen molar-refractivity contribution in [2.45, 2.75) is 6.92 Å². The Kier molecular flexibility index (Phi) is 4.25. The third-order valence-electron chi connectivity index (χ3n) is 2.84. The second-order valence-electron chi connectivity index (χ2n) is 4.26. The Morgan fingerprint density at radius 3 is 2.50 bits per heavy atom. The monoisotopic (exact) mass is 293 g/mol. The van der Waals surface area contributed by atoms with Crippen LogP contribution >= 0.6 is 11.6 Å². The van der Waals surface area contributed by atoms with Crippen LogP contribution in [0.2, 0.25) is 5.02 Å². The van der Waals surface area contributed by atoms with Crippen LogP contribution in [0.4, 0.5) is 10.1 Å². The molecule has 0 heterocycles. The fourth-order valence-corrected chi connectivity index (χ4v) is 1.88. The number of benzene rings is 2. The summed E-state index contributed by atoms with van der Waals surface area (Å²) in [6.07, 6.45) is 0. The molecule has 1 N–H and O–H groups in total. The zero-order chi connectivity index (χ0) is 14.7. The van der Waals surface area contributed by atoms with E-state index in [4.69, 9.17) is 16.3 Å². The lowest BCUT2D eigenvalue weighted by Gasteiger charge is -2.12. The first-order valence-electron chi connectivity index (χ1n) is 5.92. The zero-order valence-corrected chi connectivity index (χ0v) is 11.8. The molecular weight excluding hydrogens is 281 g/mol. The molecule has 0 unspecified atom stereocenters. The van der Waals surface area contributed by atoms with E-state index < -0.39 is 0 Å². The maximum atomic E-state index is 12.8. The van der Waals surface area contributed by atoms with Gasteiger partial charge in [0.25, 0.3) is 5.91 Å². The molecule has 0 radical (unpaired) electrons. The van der Waals surface area contributed by atoms with E-state index in [-0.39, 0.29) is 11.7 Å². The van der Waals surface area contributed by atoms with Crippen LogP contribution in [0.3, 0.4) is 0 Å². The molecule has 0 saturated carbocycles. The molecule has 2 aromatic rings. The van der Waals surface area contributed by atoms with E-state index >= 15 is 0 Å². The molecule has 0 aliphatic carbocycles. The van der Waals surface area contributed by atoms with Gasteiger partial charge in [0.1, 0.15) is 11.6 Å². The van der Waals surface area contributed by atoms with Crippen molar-refractivity contribution in [2.24, 2.45) is 0 Å². The first-order valence-corrected chi connectivity index (χ1v) is 6.30. The number of nitrogens with one attached hydrogen (secondary N) is 1. The summed E-state index contributed by atoms with van der Waals surface area (Å²) < 4.78 is 18.0. The molecule has 0 aliphatic heterocycles. The highest BCUT2D eigenvalue weighted by Crippen LogP contribution is 2.31. The number of ether oxygens (including phenoxy) is 1. The summed E-state index contributed by atoms with van der Waals surface area (Å²) in [5.41, 5.74) is 1.70. The SMILES string of the molecule is COc1cc(Cl)c(C)cc1NC(=O)c1ccc(F)cc1. The Morgan fingerprint density at radius 1 is 1.25 bits per heavy atom. The van der Waals surface area contributed by atoms with Gasteiger partial charge < -0.3 is 10.1 Å². The molecule has 20 heavy (non-hydrogen) atoms. The van der Waals surface area contributed by atoms with E-state index in [0.29, 0.717) is 22.0 Å². The molecule has 0 atom stereocenters. The number of hydrogen-bond acceptors (Lipinski definition) is 2. The highest BCUT2D eigenvalue weighted by atomic mass is 35.5. The Bertz CT molecular complexity index is 641. The lowest BCUT2D eigenvalue weighted by atomic mass is 10.1. The minimum atomic E-state index is -0.388. The summed E-state index contributed by atoms with van der Waals surface area (Å²) in [5, 5.41) is 3.28. The predicted molar refractivity (Wildman–Crippen MR) is 77.1 cm³/mol. The van der Waals surface area contributed by atoms with Crippen molar-refractivity contribution in [3.63, 3.8) is 0 Å². The summed E-state index contributed by atoms with van der Waals surface area (Å²) in [4.78, 5) is 12.1. The molecule has 5 heteroatoms. The van der Waals surface area contributed by atoms with Crippen LogP contribution in [-0.4, -0.2) is 13.0 Å². The minimum Gasteiger partial charge on any atom is -0.495 e. The van der Waals surface area contributed by atoms with Crippen molar-refractivity contribution < 1.29 is 13.9 Å². The number of methoxy groups -OCH3 is 1. The molecule has 104 valence electrons. The van der Waals surface area contributed by atoms with Crippen LogP contribution < -0.4 is 10.1 Å². The second kappa shape index (κ2) is 5.92. The average Bonchev–Trinajstić information content (AvgIpc) is 2.43. The standard InChI is InChI=1S/C15H13ClFNO2/c1-9-7-13(14(20-2)8-12(9)16)18-15(19)10-3-5-11(17)6-4-10/h3-8H,1-2H3,(H,18,19). The molecule has 0 aromatic heterocycles. The molecule has 2 rings (SSSR count). The Balaban J connectivity index is 2.27. The number of aryl methyl sites for hydroxylation is 1. The van der Waals surface area contributed by atoms with Crippen molar-refractivity contribution >= 4 is 23.2 Å². The maximum absolute atomic E-state index is 12.8. The van der Waals surface area contributed by atoms with Crippen molar-refractivity contribution in [1.82, 2.24) is 0 Å². The lowest BCUT2D eigenvalue weighted by molar-refractivity contribution is 0.102. The van der Waals surface area contributed by atoms with Crippen molar-refractivity contribution in [3.05, 3.63) is 58.4 Å². The first-order chi connectivity index (χ1) is 9.51. The second-order valence-corrected chi connectivity index (χ2v) is 4.67. The van der Waals surface area contributed by atoms with E-state index in [1.54, 1.807) is 12.1 Å². The summed E-state index contributed by atoms with van der Waals surface area (Å²) in [6, 6.07) is 8.66. The number of carbonyl (C=O) groups excluding carboxylic acids is 1. The third kappa shape index (κ3) is 3.08. The van der Waals surface area contributed by atoms with Crippen molar-refractivity contribution in [2.75, 3.05) is 12.4 Å². The van der Waals surface area contributed by atoms with Gasteiger partial charge in [-0.2, -0.15) is 0 Å². The largest absolute Gasteiger partial charge is 0.495 e. The minimum absolute atomic E-state index is 0.343. The fourth-order valence-electron chi connectivity index (χ4n) is 1.73. The maximum Gasteiger partial charge on any atom is 0.255 e. The van der Waals surface area contributed by atoms with Gasteiger partial charge in [0, 0.05) is 16.7 Å². The lowest BCUT2D eigenvalue weighted by Crippen LogP contribution is -2.12. The van der Waals surface area contributed by atoms with Crippen LogP contribution in [0.1, 0.15) is 15.9 Å².